The Morgan fingerprint density at radius 3 is 2.44 bits per heavy atom. The molecule has 1 aromatic carbocycles. The Morgan fingerprint density at radius 1 is 1.12 bits per heavy atom. The predicted molar refractivity (Wildman–Crippen MR) is 71.1 cm³/mol. The maximum absolute atomic E-state index is 12.1. The van der Waals surface area contributed by atoms with Crippen LogP contribution in [0.5, 0.6) is 0 Å². The van der Waals surface area contributed by atoms with E-state index in [1.165, 1.54) is 25.7 Å². The third kappa shape index (κ3) is 4.48. The van der Waals surface area contributed by atoms with Gasteiger partial charge in [-0.1, -0.05) is 57.7 Å². The summed E-state index contributed by atoms with van der Waals surface area (Å²) in [6, 6.07) is 9.79. The zero-order chi connectivity index (χ0) is 11.8. The fourth-order valence-electron chi connectivity index (χ4n) is 1.75. The summed E-state index contributed by atoms with van der Waals surface area (Å²) >= 11 is 0. The lowest BCUT2D eigenvalue weighted by Crippen LogP contribution is -2.10. The molecule has 0 amide bonds. The van der Waals surface area contributed by atoms with Gasteiger partial charge < -0.3 is 0 Å². The first kappa shape index (κ1) is 13.4. The topological polar surface area (TPSA) is 17.1 Å². The molecular formula is C14H22OS. The van der Waals surface area contributed by atoms with Gasteiger partial charge >= 0.3 is 0 Å². The Hall–Kier alpha value is -0.630. The molecule has 1 rings (SSSR count). The third-order valence-corrected chi connectivity index (χ3v) is 4.51. The summed E-state index contributed by atoms with van der Waals surface area (Å²) in [6.45, 7) is 4.31. The molecular weight excluding hydrogens is 216 g/mol. The lowest BCUT2D eigenvalue weighted by atomic mass is 10.1. The van der Waals surface area contributed by atoms with E-state index in [4.69, 9.17) is 0 Å². The number of rotatable bonds is 7. The van der Waals surface area contributed by atoms with Gasteiger partial charge in [0.15, 0.2) is 0 Å². The van der Waals surface area contributed by atoms with Crippen molar-refractivity contribution in [2.24, 2.45) is 0 Å². The molecule has 0 N–H and O–H groups in total. The average molecular weight is 238 g/mol. The zero-order valence-electron chi connectivity index (χ0n) is 10.3. The minimum Gasteiger partial charge on any atom is -0.254 e. The summed E-state index contributed by atoms with van der Waals surface area (Å²) in [5.74, 6) is 0. The van der Waals surface area contributed by atoms with Crippen molar-refractivity contribution >= 4 is 10.8 Å². The molecule has 0 saturated heterocycles. The summed E-state index contributed by atoms with van der Waals surface area (Å²) in [5, 5.41) is 0.277. The third-order valence-electron chi connectivity index (χ3n) is 2.81. The number of hydrogen-bond donors (Lipinski definition) is 0. The van der Waals surface area contributed by atoms with Crippen LogP contribution in [0.15, 0.2) is 35.2 Å². The molecule has 0 bridgehead atoms. The summed E-state index contributed by atoms with van der Waals surface area (Å²) in [6.07, 6.45) is 6.10. The van der Waals surface area contributed by atoms with Crippen molar-refractivity contribution in [1.82, 2.24) is 0 Å². The van der Waals surface area contributed by atoms with Crippen LogP contribution in [0.25, 0.3) is 0 Å². The van der Waals surface area contributed by atoms with E-state index in [1.807, 2.05) is 30.3 Å². The highest BCUT2D eigenvalue weighted by atomic mass is 32.2. The first-order chi connectivity index (χ1) is 7.75. The van der Waals surface area contributed by atoms with Crippen molar-refractivity contribution in [3.63, 3.8) is 0 Å². The van der Waals surface area contributed by atoms with E-state index in [0.717, 1.165) is 11.3 Å². The van der Waals surface area contributed by atoms with Gasteiger partial charge in [-0.15, -0.1) is 0 Å². The van der Waals surface area contributed by atoms with E-state index >= 15 is 0 Å². The van der Waals surface area contributed by atoms with Crippen molar-refractivity contribution in [1.29, 1.82) is 0 Å². The molecule has 0 aliphatic rings. The molecule has 1 aromatic rings. The van der Waals surface area contributed by atoms with Crippen LogP contribution in [-0.2, 0) is 10.8 Å². The second-order valence-electron chi connectivity index (χ2n) is 4.27. The van der Waals surface area contributed by atoms with Crippen molar-refractivity contribution in [3.8, 4) is 0 Å². The van der Waals surface area contributed by atoms with Crippen LogP contribution in [-0.4, -0.2) is 9.46 Å². The zero-order valence-corrected chi connectivity index (χ0v) is 11.1. The van der Waals surface area contributed by atoms with Crippen molar-refractivity contribution < 1.29 is 4.21 Å². The molecule has 2 atom stereocenters. The van der Waals surface area contributed by atoms with Crippen LogP contribution in [0, 0.1) is 0 Å². The molecule has 0 radical (unpaired) electrons. The molecule has 0 spiro atoms. The highest BCUT2D eigenvalue weighted by molar-refractivity contribution is 7.85. The first-order valence-corrected chi connectivity index (χ1v) is 7.42. The summed E-state index contributed by atoms with van der Waals surface area (Å²) in [5.41, 5.74) is 0. The molecule has 90 valence electrons. The monoisotopic (exact) mass is 238 g/mol. The van der Waals surface area contributed by atoms with Crippen LogP contribution in [0.2, 0.25) is 0 Å². The fourth-order valence-corrected chi connectivity index (χ4v) is 3.02. The minimum absolute atomic E-state index is 0.277. The molecule has 0 fully saturated rings. The molecule has 0 saturated carbocycles. The number of benzene rings is 1. The quantitative estimate of drug-likeness (QED) is 0.652. The van der Waals surface area contributed by atoms with Gasteiger partial charge in [-0.2, -0.15) is 0 Å². The fraction of sp³-hybridized carbons (Fsp3) is 0.571. The molecule has 0 aliphatic heterocycles. The Bertz CT molecular complexity index is 308. The van der Waals surface area contributed by atoms with E-state index in [2.05, 4.69) is 13.8 Å². The van der Waals surface area contributed by atoms with Gasteiger partial charge in [0.2, 0.25) is 0 Å². The SMILES string of the molecule is CCCCCC[C@@H](C)[S@@](=O)c1ccccc1. The lowest BCUT2D eigenvalue weighted by molar-refractivity contribution is 0.614. The number of unbranched alkanes of at least 4 members (excludes halogenated alkanes) is 3. The summed E-state index contributed by atoms with van der Waals surface area (Å²) in [7, 11) is -0.834. The molecule has 0 aromatic heterocycles. The van der Waals surface area contributed by atoms with Crippen LogP contribution in [0.3, 0.4) is 0 Å². The maximum atomic E-state index is 12.1. The molecule has 0 unspecified atom stereocenters. The van der Waals surface area contributed by atoms with E-state index in [9.17, 15) is 4.21 Å². The van der Waals surface area contributed by atoms with Crippen LogP contribution >= 0.6 is 0 Å². The highest BCUT2D eigenvalue weighted by Gasteiger charge is 2.12. The summed E-state index contributed by atoms with van der Waals surface area (Å²) < 4.78 is 12.1. The van der Waals surface area contributed by atoms with Crippen LogP contribution in [0.1, 0.15) is 46.0 Å². The van der Waals surface area contributed by atoms with Crippen LogP contribution in [0.4, 0.5) is 0 Å². The van der Waals surface area contributed by atoms with Gasteiger partial charge in [-0.25, -0.2) is 0 Å². The van der Waals surface area contributed by atoms with Gasteiger partial charge in [0.25, 0.3) is 0 Å². The van der Waals surface area contributed by atoms with E-state index in [-0.39, 0.29) is 5.25 Å². The Morgan fingerprint density at radius 2 is 1.81 bits per heavy atom. The largest absolute Gasteiger partial charge is 0.254 e. The minimum atomic E-state index is -0.834. The van der Waals surface area contributed by atoms with Gasteiger partial charge in [-0.05, 0) is 18.6 Å². The van der Waals surface area contributed by atoms with Gasteiger partial charge in [-0.3, -0.25) is 4.21 Å². The molecule has 16 heavy (non-hydrogen) atoms. The summed E-state index contributed by atoms with van der Waals surface area (Å²) in [4.78, 5) is 0.963. The normalized spacial score (nSPS) is 14.6. The van der Waals surface area contributed by atoms with Crippen molar-refractivity contribution in [3.05, 3.63) is 30.3 Å². The predicted octanol–water partition coefficient (Wildman–Crippen LogP) is 4.15. The Balaban J connectivity index is 2.37. The first-order valence-electron chi connectivity index (χ1n) is 6.21. The Labute approximate surface area is 102 Å². The van der Waals surface area contributed by atoms with E-state index in [1.54, 1.807) is 0 Å². The van der Waals surface area contributed by atoms with Crippen molar-refractivity contribution in [2.75, 3.05) is 0 Å². The van der Waals surface area contributed by atoms with Crippen molar-refractivity contribution in [2.45, 2.75) is 56.1 Å². The second-order valence-corrected chi connectivity index (χ2v) is 6.14. The highest BCUT2D eigenvalue weighted by Crippen LogP contribution is 2.16. The molecule has 0 aliphatic carbocycles. The standard InChI is InChI=1S/C14H22OS/c1-3-4-5-7-10-13(2)16(15)14-11-8-6-9-12-14/h6,8-9,11-13H,3-5,7,10H2,1-2H3/t13-,16-/m1/s1. The van der Waals surface area contributed by atoms with Gasteiger partial charge in [0.05, 0.1) is 10.8 Å². The lowest BCUT2D eigenvalue weighted by Gasteiger charge is -2.10. The van der Waals surface area contributed by atoms with Gasteiger partial charge in [0, 0.05) is 10.1 Å². The second kappa shape index (κ2) is 7.61. The van der Waals surface area contributed by atoms with Gasteiger partial charge in [0.1, 0.15) is 0 Å². The maximum Gasteiger partial charge on any atom is 0.0557 e. The smallest absolute Gasteiger partial charge is 0.0557 e. The molecule has 1 nitrogen and oxygen atoms in total. The average Bonchev–Trinajstić information content (AvgIpc) is 2.34. The Kier molecular flexibility index (Phi) is 6.39. The molecule has 2 heteroatoms. The molecule has 0 heterocycles. The van der Waals surface area contributed by atoms with E-state index < -0.39 is 10.8 Å². The van der Waals surface area contributed by atoms with E-state index in [0.29, 0.717) is 0 Å². The van der Waals surface area contributed by atoms with Crippen LogP contribution < -0.4 is 0 Å². The number of hydrogen-bond acceptors (Lipinski definition) is 1.